The molecule has 0 aliphatic heterocycles. The van der Waals surface area contributed by atoms with Gasteiger partial charge >= 0.3 is 12.1 Å². The Bertz CT molecular complexity index is 1390. The van der Waals surface area contributed by atoms with Gasteiger partial charge in [-0.25, -0.2) is 14.6 Å². The van der Waals surface area contributed by atoms with Gasteiger partial charge < -0.3 is 20.8 Å². The fourth-order valence-electron chi connectivity index (χ4n) is 4.09. The maximum absolute atomic E-state index is 13.9. The number of aromatic nitrogens is 2. The van der Waals surface area contributed by atoms with Crippen LogP contribution >= 0.6 is 23.2 Å². The normalized spacial score (nSPS) is 12.3. The number of nitrogens with one attached hydrogen (secondary N) is 2. The van der Waals surface area contributed by atoms with Crippen LogP contribution in [0.2, 0.25) is 10.0 Å². The molecule has 0 aliphatic carbocycles. The van der Waals surface area contributed by atoms with Crippen LogP contribution in [0.3, 0.4) is 0 Å². The Morgan fingerprint density at radius 1 is 1.16 bits per heavy atom. The molecule has 3 rings (SSSR count). The standard InChI is InChI=1S/C25H29Cl2N5O5/c1-14(32(24(36)37)25(2,3)4)21-30-20-18(27)10-9-17(26)19(20)22(34)31(21)16-8-5-7-15(13-16)29-23(35)28-11-6-12-33/h5,7-10,13-14,33H,6,11-12H2,1-4H3,(H,36,37)(H2,28,29,35). The summed E-state index contributed by atoms with van der Waals surface area (Å²) in [6, 6.07) is 8.15. The van der Waals surface area contributed by atoms with E-state index in [1.807, 2.05) is 0 Å². The van der Waals surface area contributed by atoms with Gasteiger partial charge in [-0.1, -0.05) is 29.3 Å². The van der Waals surface area contributed by atoms with Crippen molar-refractivity contribution in [1.29, 1.82) is 0 Å². The van der Waals surface area contributed by atoms with Gasteiger partial charge in [-0.05, 0) is 64.4 Å². The maximum atomic E-state index is 13.9. The molecule has 12 heteroatoms. The number of carbonyl (C=O) groups is 2. The Labute approximate surface area is 223 Å². The molecule has 3 amide bonds. The van der Waals surface area contributed by atoms with Gasteiger partial charge in [-0.2, -0.15) is 0 Å². The smallest absolute Gasteiger partial charge is 0.408 e. The molecule has 0 saturated carbocycles. The van der Waals surface area contributed by atoms with Crippen LogP contribution in [0.1, 0.15) is 46.0 Å². The molecule has 3 aromatic rings. The van der Waals surface area contributed by atoms with Gasteiger partial charge in [0.15, 0.2) is 0 Å². The van der Waals surface area contributed by atoms with Gasteiger partial charge in [0.2, 0.25) is 0 Å². The topological polar surface area (TPSA) is 137 Å². The molecule has 10 nitrogen and oxygen atoms in total. The molecule has 198 valence electrons. The quantitative estimate of drug-likeness (QED) is 0.305. The summed E-state index contributed by atoms with van der Waals surface area (Å²) in [6.07, 6.45) is -0.780. The number of rotatable bonds is 7. The lowest BCUT2D eigenvalue weighted by atomic mass is 10.0. The minimum atomic E-state index is -1.19. The van der Waals surface area contributed by atoms with Crippen molar-refractivity contribution in [3.8, 4) is 5.69 Å². The lowest BCUT2D eigenvalue weighted by molar-refractivity contribution is 0.0719. The van der Waals surface area contributed by atoms with E-state index in [0.29, 0.717) is 17.8 Å². The highest BCUT2D eigenvalue weighted by molar-refractivity contribution is 6.39. The molecular formula is C25H29Cl2N5O5. The molecule has 0 saturated heterocycles. The number of fused-ring (bicyclic) bond motifs is 1. The van der Waals surface area contributed by atoms with Crippen LogP contribution in [-0.2, 0) is 0 Å². The monoisotopic (exact) mass is 549 g/mol. The first-order chi connectivity index (χ1) is 17.4. The van der Waals surface area contributed by atoms with Crippen molar-refractivity contribution in [2.24, 2.45) is 0 Å². The minimum absolute atomic E-state index is 0.0525. The number of hydrogen-bond acceptors (Lipinski definition) is 5. The number of nitrogens with zero attached hydrogens (tertiary/aromatic N) is 3. The minimum Gasteiger partial charge on any atom is -0.465 e. The molecular weight excluding hydrogens is 521 g/mol. The van der Waals surface area contributed by atoms with Crippen LogP contribution in [0.5, 0.6) is 0 Å². The van der Waals surface area contributed by atoms with E-state index in [9.17, 15) is 19.5 Å². The Morgan fingerprint density at radius 2 is 1.84 bits per heavy atom. The van der Waals surface area contributed by atoms with Gasteiger partial charge in [0, 0.05) is 24.4 Å². The van der Waals surface area contributed by atoms with E-state index in [0.717, 1.165) is 0 Å². The summed E-state index contributed by atoms with van der Waals surface area (Å²) in [5.74, 6) is 0.128. The summed E-state index contributed by atoms with van der Waals surface area (Å²) in [7, 11) is 0. The molecule has 1 atom stereocenters. The number of hydrogen-bond donors (Lipinski definition) is 4. The number of anilines is 1. The van der Waals surface area contributed by atoms with E-state index in [4.69, 9.17) is 28.3 Å². The fourth-order valence-corrected chi connectivity index (χ4v) is 4.53. The zero-order valence-electron chi connectivity index (χ0n) is 20.9. The number of benzene rings is 2. The Hall–Kier alpha value is -3.34. The number of halogens is 2. The molecule has 1 unspecified atom stereocenters. The Morgan fingerprint density at radius 3 is 2.46 bits per heavy atom. The molecule has 2 aromatic carbocycles. The number of urea groups is 1. The van der Waals surface area contributed by atoms with Gasteiger partial charge in [-0.15, -0.1) is 0 Å². The van der Waals surface area contributed by atoms with Crippen molar-refractivity contribution in [2.75, 3.05) is 18.5 Å². The zero-order valence-corrected chi connectivity index (χ0v) is 22.4. The number of carboxylic acid groups (broad SMARTS) is 1. The van der Waals surface area contributed by atoms with Gasteiger partial charge in [0.25, 0.3) is 5.56 Å². The lowest BCUT2D eigenvalue weighted by Crippen LogP contribution is -2.47. The summed E-state index contributed by atoms with van der Waals surface area (Å²) >= 11 is 12.7. The number of aliphatic hydroxyl groups excluding tert-OH is 1. The van der Waals surface area contributed by atoms with E-state index in [2.05, 4.69) is 15.6 Å². The van der Waals surface area contributed by atoms with Crippen LogP contribution in [0.4, 0.5) is 15.3 Å². The summed E-state index contributed by atoms with van der Waals surface area (Å²) in [5, 5.41) is 24.6. The molecule has 0 bridgehead atoms. The van der Waals surface area contributed by atoms with Gasteiger partial charge in [-0.3, -0.25) is 14.3 Å². The molecule has 0 radical (unpaired) electrons. The third-order valence-electron chi connectivity index (χ3n) is 5.62. The molecule has 4 N–H and O–H groups in total. The summed E-state index contributed by atoms with van der Waals surface area (Å²) in [4.78, 5) is 44.2. The second-order valence-corrected chi connectivity index (χ2v) is 10.2. The third kappa shape index (κ3) is 6.15. The maximum Gasteiger partial charge on any atom is 0.408 e. The Kier molecular flexibility index (Phi) is 8.68. The average molecular weight is 550 g/mol. The second kappa shape index (κ2) is 11.4. The molecule has 0 fully saturated rings. The van der Waals surface area contributed by atoms with E-state index in [-0.39, 0.29) is 39.9 Å². The van der Waals surface area contributed by atoms with Crippen LogP contribution in [0.15, 0.2) is 41.2 Å². The predicted octanol–water partition coefficient (Wildman–Crippen LogP) is 5.04. The summed E-state index contributed by atoms with van der Waals surface area (Å²) in [5.41, 5.74) is -0.480. The summed E-state index contributed by atoms with van der Waals surface area (Å²) in [6.45, 7) is 7.09. The van der Waals surface area contributed by atoms with Crippen molar-refractivity contribution in [1.82, 2.24) is 19.8 Å². The molecule has 37 heavy (non-hydrogen) atoms. The number of carbonyl (C=O) groups excluding carboxylic acids is 1. The largest absolute Gasteiger partial charge is 0.465 e. The van der Waals surface area contributed by atoms with Crippen LogP contribution < -0.4 is 16.2 Å². The molecule has 0 spiro atoms. The highest BCUT2D eigenvalue weighted by Gasteiger charge is 2.35. The highest BCUT2D eigenvalue weighted by atomic mass is 35.5. The van der Waals surface area contributed by atoms with Crippen molar-refractivity contribution in [3.05, 3.63) is 62.6 Å². The van der Waals surface area contributed by atoms with Crippen LogP contribution in [0.25, 0.3) is 16.6 Å². The molecule has 0 aliphatic rings. The van der Waals surface area contributed by atoms with Crippen molar-refractivity contribution in [3.63, 3.8) is 0 Å². The Balaban J connectivity index is 2.24. The SMILES string of the molecule is CC(c1nc2c(Cl)ccc(Cl)c2c(=O)n1-c1cccc(NC(=O)NCCCO)c1)N(C(=O)O)C(C)(C)C. The average Bonchev–Trinajstić information content (AvgIpc) is 2.80. The third-order valence-corrected chi connectivity index (χ3v) is 6.24. The number of amides is 3. The van der Waals surface area contributed by atoms with Crippen LogP contribution in [-0.4, -0.2) is 55.5 Å². The van der Waals surface area contributed by atoms with E-state index in [1.165, 1.54) is 21.6 Å². The predicted molar refractivity (Wildman–Crippen MR) is 144 cm³/mol. The first-order valence-electron chi connectivity index (χ1n) is 11.6. The fraction of sp³-hybridized carbons (Fsp3) is 0.360. The number of aliphatic hydroxyl groups is 1. The first-order valence-corrected chi connectivity index (χ1v) is 12.3. The second-order valence-electron chi connectivity index (χ2n) is 9.37. The van der Waals surface area contributed by atoms with Gasteiger partial charge in [0.1, 0.15) is 5.82 Å². The van der Waals surface area contributed by atoms with E-state index < -0.39 is 29.3 Å². The lowest BCUT2D eigenvalue weighted by Gasteiger charge is -2.38. The first kappa shape index (κ1) is 28.2. The highest BCUT2D eigenvalue weighted by Crippen LogP contribution is 2.32. The van der Waals surface area contributed by atoms with Crippen molar-refractivity contribution >= 4 is 51.9 Å². The van der Waals surface area contributed by atoms with Gasteiger partial charge in [0.05, 0.1) is 32.7 Å². The molecule has 1 heterocycles. The van der Waals surface area contributed by atoms with Crippen molar-refractivity contribution < 1.29 is 19.8 Å². The molecule has 1 aromatic heterocycles. The van der Waals surface area contributed by atoms with Crippen LogP contribution in [0, 0.1) is 0 Å². The van der Waals surface area contributed by atoms with E-state index >= 15 is 0 Å². The summed E-state index contributed by atoms with van der Waals surface area (Å²) < 4.78 is 1.28. The van der Waals surface area contributed by atoms with E-state index in [1.54, 1.807) is 52.0 Å². The van der Waals surface area contributed by atoms with Crippen molar-refractivity contribution in [2.45, 2.75) is 45.7 Å². The zero-order chi connectivity index (χ0) is 27.5.